The van der Waals surface area contributed by atoms with Crippen LogP contribution in [0.1, 0.15) is 28.7 Å². The van der Waals surface area contributed by atoms with E-state index in [0.29, 0.717) is 16.8 Å². The number of nitrogens with two attached hydrogens (primary N) is 1. The average Bonchev–Trinajstić information content (AvgIpc) is 3.33. The van der Waals surface area contributed by atoms with Crippen molar-refractivity contribution in [3.8, 4) is 0 Å². The van der Waals surface area contributed by atoms with Gasteiger partial charge in [0, 0.05) is 23.7 Å². The van der Waals surface area contributed by atoms with Gasteiger partial charge in [0.15, 0.2) is 0 Å². The molecule has 2 saturated heterocycles. The highest BCUT2D eigenvalue weighted by Crippen LogP contribution is 2.54. The maximum Gasteiger partial charge on any atom is 0.250 e. The molecule has 4 amide bonds. The third-order valence-electron chi connectivity index (χ3n) is 7.19. The third-order valence-corrected chi connectivity index (χ3v) is 7.19. The van der Waals surface area contributed by atoms with Crippen molar-refractivity contribution in [2.45, 2.75) is 38.4 Å². The molecule has 3 aliphatic rings. The van der Waals surface area contributed by atoms with Gasteiger partial charge in [0.1, 0.15) is 11.4 Å². The number of nitrogens with one attached hydrogen (secondary N) is 2. The van der Waals surface area contributed by atoms with Crippen LogP contribution in [0.5, 0.6) is 0 Å². The Labute approximate surface area is 189 Å². The number of likely N-dealkylation sites (tertiary alicyclic amines) is 1. The fourth-order valence-corrected chi connectivity index (χ4v) is 5.50. The van der Waals surface area contributed by atoms with Crippen LogP contribution in [0.3, 0.4) is 0 Å². The third kappa shape index (κ3) is 2.92. The molecular weight excluding hydrogens is 427 g/mol. The highest BCUT2D eigenvalue weighted by atomic mass is 19.1. The monoisotopic (exact) mass is 450 g/mol. The number of halogens is 1. The Hall–Kier alpha value is -3.59. The predicted octanol–water partition coefficient (Wildman–Crippen LogP) is 1.24. The molecule has 2 fully saturated rings. The number of hydrogen-bond acceptors (Lipinski definition) is 5. The van der Waals surface area contributed by atoms with Crippen LogP contribution in [-0.4, -0.2) is 34.6 Å². The van der Waals surface area contributed by atoms with Crippen molar-refractivity contribution in [3.05, 3.63) is 64.5 Å². The minimum Gasteiger partial charge on any atom is -0.370 e. The van der Waals surface area contributed by atoms with Crippen molar-refractivity contribution in [1.29, 1.82) is 0 Å². The van der Waals surface area contributed by atoms with Gasteiger partial charge in [-0.15, -0.1) is 0 Å². The Morgan fingerprint density at radius 3 is 2.45 bits per heavy atom. The number of nitrogens with zero attached hydrogens (tertiary/aromatic N) is 1. The summed E-state index contributed by atoms with van der Waals surface area (Å²) in [7, 11) is 0. The van der Waals surface area contributed by atoms with Gasteiger partial charge in [-0.05, 0) is 42.7 Å². The first-order valence-electron chi connectivity index (χ1n) is 10.7. The second-order valence-corrected chi connectivity index (χ2v) is 9.01. The molecule has 8 nitrogen and oxygen atoms in total. The van der Waals surface area contributed by atoms with Crippen molar-refractivity contribution in [2.24, 2.45) is 17.6 Å². The summed E-state index contributed by atoms with van der Waals surface area (Å²) < 4.78 is 13.3. The van der Waals surface area contributed by atoms with E-state index in [1.165, 1.54) is 24.3 Å². The number of amides is 4. The summed E-state index contributed by atoms with van der Waals surface area (Å²) in [5, 5.41) is 6.06. The number of aryl methyl sites for hydroxylation is 1. The molecule has 9 heteroatoms. The lowest BCUT2D eigenvalue weighted by molar-refractivity contribution is -0.143. The fraction of sp³-hybridized carbons (Fsp3) is 0.333. The van der Waals surface area contributed by atoms with Crippen LogP contribution in [0.2, 0.25) is 0 Å². The molecule has 0 saturated carbocycles. The van der Waals surface area contributed by atoms with Crippen molar-refractivity contribution >= 4 is 29.3 Å². The normalized spacial score (nSPS) is 27.8. The summed E-state index contributed by atoms with van der Waals surface area (Å²) >= 11 is 0. The molecule has 0 aromatic heterocycles. The summed E-state index contributed by atoms with van der Waals surface area (Å²) in [5.41, 5.74) is 7.58. The fourth-order valence-electron chi connectivity index (χ4n) is 5.50. The molecule has 0 radical (unpaired) electrons. The SMILES string of the molecule is Cc1ccc2c(c1C)NC(=O)[C@]21N[C@@H](CC(N)=O)[C@H]2C(=O)N(Cc3ccc(F)cc3)C(=O)[C@H]21. The van der Waals surface area contributed by atoms with Gasteiger partial charge in [-0.25, -0.2) is 4.39 Å². The average molecular weight is 450 g/mol. The quantitative estimate of drug-likeness (QED) is 0.605. The van der Waals surface area contributed by atoms with Crippen LogP contribution < -0.4 is 16.4 Å². The molecule has 0 aliphatic carbocycles. The van der Waals surface area contributed by atoms with E-state index >= 15 is 0 Å². The Morgan fingerprint density at radius 2 is 1.79 bits per heavy atom. The summed E-state index contributed by atoms with van der Waals surface area (Å²) in [6.07, 6.45) is -0.195. The molecule has 2 aromatic rings. The first-order chi connectivity index (χ1) is 15.6. The zero-order valence-electron chi connectivity index (χ0n) is 18.1. The highest BCUT2D eigenvalue weighted by molar-refractivity contribution is 6.15. The van der Waals surface area contributed by atoms with E-state index in [2.05, 4.69) is 10.6 Å². The summed E-state index contributed by atoms with van der Waals surface area (Å²) in [6.45, 7) is 3.75. The maximum absolute atomic E-state index is 13.7. The van der Waals surface area contributed by atoms with Crippen LogP contribution in [0, 0.1) is 31.5 Å². The van der Waals surface area contributed by atoms with Gasteiger partial charge in [0.05, 0.1) is 18.4 Å². The van der Waals surface area contributed by atoms with Crippen molar-refractivity contribution in [3.63, 3.8) is 0 Å². The Bertz CT molecular complexity index is 1230. The molecule has 33 heavy (non-hydrogen) atoms. The predicted molar refractivity (Wildman–Crippen MR) is 116 cm³/mol. The van der Waals surface area contributed by atoms with Crippen LogP contribution >= 0.6 is 0 Å². The first kappa shape index (κ1) is 21.3. The number of fused-ring (bicyclic) bond motifs is 4. The standard InChI is InChI=1S/C24H23FN4O4/c1-11-3-8-15-20(12(11)2)27-23(33)24(15)19-18(16(28-24)9-17(26)30)21(31)29(22(19)32)10-13-4-6-14(25)7-5-13/h3-8,16,18-19,28H,9-10H2,1-2H3,(H2,26,30)(H,27,33)/t16-,18+,19-,24-/m0/s1. The number of rotatable bonds is 4. The van der Waals surface area contributed by atoms with Crippen LogP contribution in [-0.2, 0) is 31.3 Å². The molecule has 4 N–H and O–H groups in total. The molecule has 3 heterocycles. The molecule has 0 bridgehead atoms. The molecule has 3 aliphatic heterocycles. The lowest BCUT2D eigenvalue weighted by atomic mass is 9.76. The molecule has 4 atom stereocenters. The number of anilines is 1. The van der Waals surface area contributed by atoms with Gasteiger partial charge < -0.3 is 11.1 Å². The zero-order chi connectivity index (χ0) is 23.7. The Balaban J connectivity index is 1.61. The maximum atomic E-state index is 13.7. The number of carbonyl (C=O) groups excluding carboxylic acids is 4. The van der Waals surface area contributed by atoms with E-state index in [9.17, 15) is 23.6 Å². The van der Waals surface area contributed by atoms with Crippen LogP contribution in [0.15, 0.2) is 36.4 Å². The highest BCUT2D eigenvalue weighted by Gasteiger charge is 2.70. The lowest BCUT2D eigenvalue weighted by Crippen LogP contribution is -2.53. The van der Waals surface area contributed by atoms with E-state index in [1.54, 1.807) is 6.07 Å². The van der Waals surface area contributed by atoms with E-state index in [4.69, 9.17) is 5.73 Å². The largest absolute Gasteiger partial charge is 0.370 e. The van der Waals surface area contributed by atoms with Gasteiger partial charge >= 0.3 is 0 Å². The smallest absolute Gasteiger partial charge is 0.250 e. The molecular formula is C24H23FN4O4. The Morgan fingerprint density at radius 1 is 1.09 bits per heavy atom. The summed E-state index contributed by atoms with van der Waals surface area (Å²) in [4.78, 5) is 53.4. The van der Waals surface area contributed by atoms with Crippen molar-refractivity contribution in [1.82, 2.24) is 10.2 Å². The molecule has 2 aromatic carbocycles. The lowest BCUT2D eigenvalue weighted by Gasteiger charge is -2.29. The van der Waals surface area contributed by atoms with Crippen molar-refractivity contribution in [2.75, 3.05) is 5.32 Å². The minimum absolute atomic E-state index is 0.0499. The number of carbonyl (C=O) groups is 4. The van der Waals surface area contributed by atoms with E-state index in [1.807, 2.05) is 19.9 Å². The van der Waals surface area contributed by atoms with Gasteiger partial charge in [0.25, 0.3) is 0 Å². The zero-order valence-corrected chi connectivity index (χ0v) is 18.1. The molecule has 0 unspecified atom stereocenters. The number of hydrogen-bond donors (Lipinski definition) is 3. The molecule has 170 valence electrons. The molecule has 1 spiro atoms. The Kier molecular flexibility index (Phi) is 4.65. The number of benzene rings is 2. The number of imide groups is 1. The number of primary amides is 1. The van der Waals surface area contributed by atoms with Gasteiger partial charge in [0.2, 0.25) is 23.6 Å². The minimum atomic E-state index is -1.48. The van der Waals surface area contributed by atoms with E-state index in [0.717, 1.165) is 16.0 Å². The van der Waals surface area contributed by atoms with Gasteiger partial charge in [-0.1, -0.05) is 24.3 Å². The van der Waals surface area contributed by atoms with Crippen molar-refractivity contribution < 1.29 is 23.6 Å². The van der Waals surface area contributed by atoms with E-state index in [-0.39, 0.29) is 13.0 Å². The van der Waals surface area contributed by atoms with Gasteiger partial charge in [-0.3, -0.25) is 29.4 Å². The summed E-state index contributed by atoms with van der Waals surface area (Å²) in [6, 6.07) is 8.39. The van der Waals surface area contributed by atoms with E-state index < -0.39 is 52.9 Å². The van der Waals surface area contributed by atoms with Crippen LogP contribution in [0.25, 0.3) is 0 Å². The second kappa shape index (κ2) is 7.21. The second-order valence-electron chi connectivity index (χ2n) is 9.01. The van der Waals surface area contributed by atoms with Gasteiger partial charge in [-0.2, -0.15) is 0 Å². The summed E-state index contributed by atoms with van der Waals surface area (Å²) in [5.74, 6) is -4.44. The first-order valence-corrected chi connectivity index (χ1v) is 10.7. The topological polar surface area (TPSA) is 122 Å². The van der Waals surface area contributed by atoms with Crippen LogP contribution in [0.4, 0.5) is 10.1 Å². The molecule has 5 rings (SSSR count).